The van der Waals surface area contributed by atoms with Crippen LogP contribution in [0.4, 0.5) is 0 Å². The van der Waals surface area contributed by atoms with Crippen LogP contribution in [-0.2, 0) is 11.2 Å². The Balaban J connectivity index is 1.44. The molecule has 0 spiro atoms. The van der Waals surface area contributed by atoms with E-state index in [0.29, 0.717) is 6.04 Å². The zero-order valence-corrected chi connectivity index (χ0v) is 13.6. The molecule has 3 rings (SSSR count). The number of piperidine rings is 1. The molecule has 1 saturated heterocycles. The molecule has 1 aromatic rings. The van der Waals surface area contributed by atoms with E-state index < -0.39 is 0 Å². The van der Waals surface area contributed by atoms with Crippen LogP contribution in [0.3, 0.4) is 0 Å². The van der Waals surface area contributed by atoms with Gasteiger partial charge in [0.05, 0.1) is 0 Å². The second-order valence-electron chi connectivity index (χ2n) is 6.76. The first-order valence-corrected chi connectivity index (χ1v) is 8.62. The Morgan fingerprint density at radius 1 is 1.27 bits per heavy atom. The van der Waals surface area contributed by atoms with Crippen LogP contribution in [0.15, 0.2) is 24.4 Å². The van der Waals surface area contributed by atoms with Crippen molar-refractivity contribution in [3.8, 4) is 0 Å². The first kappa shape index (κ1) is 15.5. The third-order valence-electron chi connectivity index (χ3n) is 4.96. The van der Waals surface area contributed by atoms with Gasteiger partial charge in [-0.25, -0.2) is 0 Å². The molecule has 2 heterocycles. The number of likely N-dealkylation sites (tertiary alicyclic amines) is 1. The smallest absolute Gasteiger partial charge is 0.219 e. The van der Waals surface area contributed by atoms with E-state index in [-0.39, 0.29) is 5.91 Å². The summed E-state index contributed by atoms with van der Waals surface area (Å²) in [5.74, 6) is 1.05. The highest BCUT2D eigenvalue weighted by Crippen LogP contribution is 2.31. The van der Waals surface area contributed by atoms with Gasteiger partial charge in [-0.3, -0.25) is 9.78 Å². The molecular weight excluding hydrogens is 274 g/mol. The minimum atomic E-state index is 0.263. The quantitative estimate of drug-likeness (QED) is 0.809. The van der Waals surface area contributed by atoms with Crippen LogP contribution in [0.25, 0.3) is 0 Å². The zero-order chi connectivity index (χ0) is 15.4. The van der Waals surface area contributed by atoms with E-state index in [1.165, 1.54) is 18.5 Å². The number of aromatic nitrogens is 1. The fourth-order valence-electron chi connectivity index (χ4n) is 3.39. The maximum atomic E-state index is 11.9. The largest absolute Gasteiger partial charge is 0.340 e. The highest BCUT2D eigenvalue weighted by molar-refractivity contribution is 5.73. The van der Waals surface area contributed by atoms with Crippen molar-refractivity contribution < 1.29 is 4.79 Å². The van der Waals surface area contributed by atoms with E-state index in [1.807, 2.05) is 12.3 Å². The van der Waals surface area contributed by atoms with Crippen molar-refractivity contribution in [2.24, 2.45) is 5.92 Å². The van der Waals surface area contributed by atoms with Crippen molar-refractivity contribution in [3.05, 3.63) is 30.1 Å². The molecular formula is C18H27N3O. The average Bonchev–Trinajstić information content (AvgIpc) is 3.36. The van der Waals surface area contributed by atoms with Gasteiger partial charge < -0.3 is 9.80 Å². The summed E-state index contributed by atoms with van der Waals surface area (Å²) in [6.45, 7) is 6.01. The van der Waals surface area contributed by atoms with E-state index in [1.54, 1.807) is 6.92 Å². The molecule has 0 aromatic carbocycles. The number of hydrogen-bond donors (Lipinski definition) is 0. The maximum absolute atomic E-state index is 11.9. The van der Waals surface area contributed by atoms with Crippen molar-refractivity contribution >= 4 is 5.91 Å². The Labute approximate surface area is 133 Å². The van der Waals surface area contributed by atoms with E-state index in [9.17, 15) is 4.79 Å². The summed E-state index contributed by atoms with van der Waals surface area (Å²) in [5.41, 5.74) is 1.17. The third kappa shape index (κ3) is 4.29. The van der Waals surface area contributed by atoms with Crippen LogP contribution < -0.4 is 0 Å². The summed E-state index contributed by atoms with van der Waals surface area (Å²) in [7, 11) is 0. The predicted octanol–water partition coefficient (Wildman–Crippen LogP) is 2.35. The Bertz CT molecular complexity index is 478. The Kier molecular flexibility index (Phi) is 5.08. The van der Waals surface area contributed by atoms with Gasteiger partial charge in [-0.05, 0) is 43.7 Å². The van der Waals surface area contributed by atoms with E-state index in [4.69, 9.17) is 0 Å². The van der Waals surface area contributed by atoms with E-state index in [2.05, 4.69) is 26.9 Å². The van der Waals surface area contributed by atoms with Gasteiger partial charge in [0.15, 0.2) is 0 Å². The van der Waals surface area contributed by atoms with Crippen LogP contribution >= 0.6 is 0 Å². The summed E-state index contributed by atoms with van der Waals surface area (Å²) in [6, 6.07) is 6.58. The van der Waals surface area contributed by atoms with Crippen molar-refractivity contribution in [2.45, 2.75) is 45.1 Å². The lowest BCUT2D eigenvalue weighted by Crippen LogP contribution is -2.47. The van der Waals surface area contributed by atoms with Gasteiger partial charge in [-0.15, -0.1) is 0 Å². The number of carbonyl (C=O) groups is 1. The topological polar surface area (TPSA) is 36.4 Å². The fourth-order valence-corrected chi connectivity index (χ4v) is 3.39. The van der Waals surface area contributed by atoms with Crippen molar-refractivity contribution in [2.75, 3.05) is 26.2 Å². The van der Waals surface area contributed by atoms with Crippen LogP contribution in [0.1, 0.15) is 38.3 Å². The maximum Gasteiger partial charge on any atom is 0.219 e. The minimum absolute atomic E-state index is 0.263. The van der Waals surface area contributed by atoms with Gasteiger partial charge in [-0.2, -0.15) is 0 Å². The lowest BCUT2D eigenvalue weighted by Gasteiger charge is -2.38. The number of pyridine rings is 1. The molecule has 2 fully saturated rings. The van der Waals surface area contributed by atoms with Gasteiger partial charge in [0.1, 0.15) is 0 Å². The summed E-state index contributed by atoms with van der Waals surface area (Å²) >= 11 is 0. The van der Waals surface area contributed by atoms with Gasteiger partial charge in [0.2, 0.25) is 5.91 Å². The van der Waals surface area contributed by atoms with Crippen LogP contribution in [0.2, 0.25) is 0 Å². The molecule has 2 aliphatic rings. The molecule has 1 saturated carbocycles. The lowest BCUT2D eigenvalue weighted by atomic mass is 10.0. The Morgan fingerprint density at radius 2 is 2.05 bits per heavy atom. The van der Waals surface area contributed by atoms with Crippen LogP contribution in [0, 0.1) is 5.92 Å². The molecule has 4 heteroatoms. The summed E-state index contributed by atoms with van der Waals surface area (Å²) < 4.78 is 0. The monoisotopic (exact) mass is 301 g/mol. The molecule has 22 heavy (non-hydrogen) atoms. The number of amides is 1. The number of hydrogen-bond acceptors (Lipinski definition) is 3. The highest BCUT2D eigenvalue weighted by atomic mass is 16.2. The molecule has 0 bridgehead atoms. The van der Waals surface area contributed by atoms with Gasteiger partial charge in [0, 0.05) is 57.5 Å². The molecule has 1 aliphatic heterocycles. The van der Waals surface area contributed by atoms with Crippen LogP contribution in [0.5, 0.6) is 0 Å². The number of nitrogens with zero attached hydrogens (tertiary/aromatic N) is 3. The van der Waals surface area contributed by atoms with Gasteiger partial charge >= 0.3 is 0 Å². The molecule has 0 atom stereocenters. The number of carbonyl (C=O) groups excluding carboxylic acids is 1. The van der Waals surface area contributed by atoms with Crippen molar-refractivity contribution in [3.63, 3.8) is 0 Å². The molecule has 1 aliphatic carbocycles. The van der Waals surface area contributed by atoms with Crippen molar-refractivity contribution in [1.29, 1.82) is 0 Å². The Morgan fingerprint density at radius 3 is 2.64 bits per heavy atom. The Hall–Kier alpha value is -1.42. The molecule has 0 N–H and O–H groups in total. The normalized spacial score (nSPS) is 20.0. The second kappa shape index (κ2) is 7.23. The average molecular weight is 301 g/mol. The summed E-state index contributed by atoms with van der Waals surface area (Å²) in [5, 5.41) is 0. The first-order valence-electron chi connectivity index (χ1n) is 8.62. The highest BCUT2D eigenvalue weighted by Gasteiger charge is 2.31. The molecule has 4 nitrogen and oxygen atoms in total. The van der Waals surface area contributed by atoms with E-state index >= 15 is 0 Å². The summed E-state index contributed by atoms with van der Waals surface area (Å²) in [6.07, 6.45) is 7.75. The zero-order valence-electron chi connectivity index (χ0n) is 13.6. The fraction of sp³-hybridized carbons (Fsp3) is 0.667. The van der Waals surface area contributed by atoms with Crippen molar-refractivity contribution in [1.82, 2.24) is 14.8 Å². The van der Waals surface area contributed by atoms with E-state index in [0.717, 1.165) is 51.4 Å². The second-order valence-corrected chi connectivity index (χ2v) is 6.76. The molecule has 1 aromatic heterocycles. The lowest BCUT2D eigenvalue weighted by molar-refractivity contribution is -0.132. The molecule has 0 radical (unpaired) electrons. The SMILES string of the molecule is CC(=O)N(CC1CC1)C1CCN(CCc2ccccn2)CC1. The minimum Gasteiger partial charge on any atom is -0.340 e. The predicted molar refractivity (Wildman–Crippen MR) is 87.5 cm³/mol. The standard InChI is InChI=1S/C18H27N3O/c1-15(22)21(14-16-5-6-16)18-8-12-20(13-9-18)11-7-17-4-2-3-10-19-17/h2-4,10,16,18H,5-9,11-14H2,1H3. The first-order chi connectivity index (χ1) is 10.7. The van der Waals surface area contributed by atoms with Gasteiger partial charge in [0.25, 0.3) is 0 Å². The molecule has 0 unspecified atom stereocenters. The van der Waals surface area contributed by atoms with Crippen LogP contribution in [-0.4, -0.2) is 52.9 Å². The molecule has 120 valence electrons. The number of rotatable bonds is 6. The van der Waals surface area contributed by atoms with Gasteiger partial charge in [-0.1, -0.05) is 6.07 Å². The summed E-state index contributed by atoms with van der Waals surface area (Å²) in [4.78, 5) is 21.0. The molecule has 1 amide bonds. The third-order valence-corrected chi connectivity index (χ3v) is 4.96.